The Labute approximate surface area is 181 Å². The van der Waals surface area contributed by atoms with Crippen LogP contribution in [0.5, 0.6) is 0 Å². The van der Waals surface area contributed by atoms with Crippen LogP contribution in [0.3, 0.4) is 0 Å². The van der Waals surface area contributed by atoms with Crippen LogP contribution in [0.1, 0.15) is 22.8 Å². The minimum atomic E-state index is -1.00. The van der Waals surface area contributed by atoms with E-state index in [0.29, 0.717) is 54.4 Å². The van der Waals surface area contributed by atoms with Crippen LogP contribution in [0.25, 0.3) is 5.65 Å². The second-order valence-electron chi connectivity index (χ2n) is 8.52. The molecule has 2 aliphatic carbocycles. The van der Waals surface area contributed by atoms with Gasteiger partial charge >= 0.3 is 0 Å². The Balaban J connectivity index is 1.33. The van der Waals surface area contributed by atoms with Crippen molar-refractivity contribution >= 4 is 28.9 Å². The normalized spacial score (nSPS) is 27.8. The lowest BCUT2D eigenvalue weighted by molar-refractivity contribution is 0.0949. The summed E-state index contributed by atoms with van der Waals surface area (Å²) in [7, 11) is 1.72. The fourth-order valence-electron chi connectivity index (χ4n) is 4.52. The zero-order valence-electron chi connectivity index (χ0n) is 17.3. The van der Waals surface area contributed by atoms with E-state index in [9.17, 15) is 14.0 Å². The van der Waals surface area contributed by atoms with Gasteiger partial charge in [0.2, 0.25) is 0 Å². The van der Waals surface area contributed by atoms with Gasteiger partial charge in [-0.15, -0.1) is 0 Å². The van der Waals surface area contributed by atoms with Crippen molar-refractivity contribution in [1.29, 1.82) is 0 Å². The zero-order valence-corrected chi connectivity index (χ0v) is 17.3. The first kappa shape index (κ1) is 19.2. The van der Waals surface area contributed by atoms with Gasteiger partial charge in [-0.25, -0.2) is 9.37 Å². The highest BCUT2D eigenvalue weighted by atomic mass is 19.1. The van der Waals surface area contributed by atoms with E-state index in [2.05, 4.69) is 26.0 Å². The van der Waals surface area contributed by atoms with Crippen molar-refractivity contribution in [1.82, 2.24) is 24.5 Å². The second-order valence-corrected chi connectivity index (χ2v) is 8.52. The summed E-state index contributed by atoms with van der Waals surface area (Å²) >= 11 is 0. The smallest absolute Gasteiger partial charge is 0.274 e. The Kier molecular flexibility index (Phi) is 4.22. The lowest BCUT2D eigenvalue weighted by Crippen LogP contribution is -2.27. The number of carbonyl (C=O) groups is 1. The predicted molar refractivity (Wildman–Crippen MR) is 114 cm³/mol. The molecule has 166 valence electrons. The summed E-state index contributed by atoms with van der Waals surface area (Å²) in [6, 6.07) is 4.95. The van der Waals surface area contributed by atoms with E-state index < -0.39 is 18.1 Å². The maximum Gasteiger partial charge on any atom is 0.274 e. The van der Waals surface area contributed by atoms with Crippen LogP contribution < -0.4 is 21.5 Å². The fraction of sp³-hybridized carbons (Fsp3) is 0.429. The maximum atomic E-state index is 13.2. The Bertz CT molecular complexity index is 1280. The van der Waals surface area contributed by atoms with Crippen molar-refractivity contribution in [2.24, 2.45) is 11.8 Å². The molecule has 3 aromatic rings. The van der Waals surface area contributed by atoms with Crippen molar-refractivity contribution in [3.05, 3.63) is 46.5 Å². The number of rotatable bonds is 6. The molecule has 0 spiro atoms. The molecule has 32 heavy (non-hydrogen) atoms. The number of halogens is 1. The SMILES string of the molecule is CNc1cc(Nc2cccn([C@H]3[C@@H]4COC[C@@H]43)c2=O)nc2c(C(=O)N[C@@H]3C[C@@H]3F)cnn12. The number of fused-ring (bicyclic) bond motifs is 2. The molecule has 5 atom stereocenters. The molecule has 0 aromatic carbocycles. The third-order valence-electron chi connectivity index (χ3n) is 6.47. The van der Waals surface area contributed by atoms with Gasteiger partial charge in [-0.1, -0.05) is 0 Å². The van der Waals surface area contributed by atoms with Crippen molar-refractivity contribution < 1.29 is 13.9 Å². The largest absolute Gasteiger partial charge is 0.381 e. The number of alkyl halides is 1. The fourth-order valence-corrected chi connectivity index (χ4v) is 4.52. The van der Waals surface area contributed by atoms with Crippen LogP contribution in [0.4, 0.5) is 21.7 Å². The van der Waals surface area contributed by atoms with Gasteiger partial charge in [0.25, 0.3) is 11.5 Å². The maximum absolute atomic E-state index is 13.2. The first-order valence-corrected chi connectivity index (χ1v) is 10.6. The molecule has 1 aliphatic heterocycles. The highest BCUT2D eigenvalue weighted by molar-refractivity contribution is 6.00. The molecule has 2 saturated carbocycles. The van der Waals surface area contributed by atoms with Crippen LogP contribution in [0.15, 0.2) is 35.4 Å². The molecular weight excluding hydrogens is 417 g/mol. The number of pyridine rings is 1. The predicted octanol–water partition coefficient (Wildman–Crippen LogP) is 1.33. The van der Waals surface area contributed by atoms with E-state index in [1.54, 1.807) is 23.7 Å². The van der Waals surface area contributed by atoms with E-state index in [1.165, 1.54) is 10.7 Å². The number of amides is 1. The lowest BCUT2D eigenvalue weighted by atomic mass is 10.3. The molecule has 4 heterocycles. The lowest BCUT2D eigenvalue weighted by Gasteiger charge is -2.13. The zero-order chi connectivity index (χ0) is 22.0. The van der Waals surface area contributed by atoms with E-state index in [0.717, 1.165) is 0 Å². The van der Waals surface area contributed by atoms with Crippen molar-refractivity contribution in [3.8, 4) is 0 Å². The topological polar surface area (TPSA) is 115 Å². The van der Waals surface area contributed by atoms with E-state index in [1.807, 2.05) is 12.3 Å². The number of hydrogen-bond acceptors (Lipinski definition) is 7. The first-order chi connectivity index (χ1) is 15.5. The molecule has 1 amide bonds. The van der Waals surface area contributed by atoms with Crippen LogP contribution >= 0.6 is 0 Å². The molecule has 3 fully saturated rings. The van der Waals surface area contributed by atoms with Gasteiger partial charge in [-0.3, -0.25) is 9.59 Å². The average Bonchev–Trinajstić information content (AvgIpc) is 3.48. The molecule has 6 rings (SSSR count). The van der Waals surface area contributed by atoms with Crippen molar-refractivity contribution in [2.45, 2.75) is 24.7 Å². The molecule has 10 nitrogen and oxygen atoms in total. The molecule has 3 aromatic heterocycles. The number of nitrogens with one attached hydrogen (secondary N) is 3. The highest BCUT2D eigenvalue weighted by Gasteiger charge is 2.55. The monoisotopic (exact) mass is 439 g/mol. The van der Waals surface area contributed by atoms with Crippen LogP contribution in [-0.4, -0.2) is 57.5 Å². The number of anilines is 3. The van der Waals surface area contributed by atoms with Crippen LogP contribution in [0, 0.1) is 11.8 Å². The Morgan fingerprint density at radius 1 is 1.31 bits per heavy atom. The molecular formula is C21H22FN7O3. The summed E-state index contributed by atoms with van der Waals surface area (Å²) in [5, 5.41) is 13.0. The number of hydrogen-bond donors (Lipinski definition) is 3. The molecule has 0 bridgehead atoms. The summed E-state index contributed by atoms with van der Waals surface area (Å²) < 4.78 is 21.9. The quantitative estimate of drug-likeness (QED) is 0.531. The van der Waals surface area contributed by atoms with Crippen LogP contribution in [-0.2, 0) is 4.74 Å². The first-order valence-electron chi connectivity index (χ1n) is 10.6. The number of aromatic nitrogens is 4. The second kappa shape index (κ2) is 7.02. The summed E-state index contributed by atoms with van der Waals surface area (Å²) in [4.78, 5) is 30.2. The third kappa shape index (κ3) is 3.03. The number of nitrogens with zero attached hydrogens (tertiary/aromatic N) is 4. The van der Waals surface area contributed by atoms with E-state index >= 15 is 0 Å². The van der Waals surface area contributed by atoms with Gasteiger partial charge in [0, 0.05) is 43.6 Å². The van der Waals surface area contributed by atoms with Gasteiger partial charge < -0.3 is 25.3 Å². The summed E-state index contributed by atoms with van der Waals surface area (Å²) in [6.07, 6.45) is 2.53. The average molecular weight is 439 g/mol. The molecule has 0 radical (unpaired) electrons. The highest BCUT2D eigenvalue weighted by Crippen LogP contribution is 2.53. The van der Waals surface area contributed by atoms with Gasteiger partial charge in [-0.05, 0) is 12.1 Å². The molecule has 0 unspecified atom stereocenters. The Morgan fingerprint density at radius 2 is 2.09 bits per heavy atom. The molecule has 1 saturated heterocycles. The van der Waals surface area contributed by atoms with Crippen LogP contribution in [0.2, 0.25) is 0 Å². The number of carbonyl (C=O) groups excluding carboxylic acids is 1. The summed E-state index contributed by atoms with van der Waals surface area (Å²) in [5.41, 5.74) is 0.799. The van der Waals surface area contributed by atoms with Crippen molar-refractivity contribution in [3.63, 3.8) is 0 Å². The van der Waals surface area contributed by atoms with Crippen molar-refractivity contribution in [2.75, 3.05) is 30.9 Å². The van der Waals surface area contributed by atoms with Gasteiger partial charge in [0.1, 0.15) is 29.1 Å². The van der Waals surface area contributed by atoms with Gasteiger partial charge in [0.05, 0.1) is 25.5 Å². The minimum Gasteiger partial charge on any atom is -0.381 e. The molecule has 3 aliphatic rings. The van der Waals surface area contributed by atoms with Gasteiger partial charge in [0.15, 0.2) is 5.65 Å². The minimum absolute atomic E-state index is 0.131. The number of ether oxygens (including phenoxy) is 1. The van der Waals surface area contributed by atoms with Gasteiger partial charge in [-0.2, -0.15) is 9.61 Å². The summed E-state index contributed by atoms with van der Waals surface area (Å²) in [5.74, 6) is 1.34. The van der Waals surface area contributed by atoms with E-state index in [4.69, 9.17) is 4.74 Å². The molecule has 11 heteroatoms. The Hall–Kier alpha value is -3.47. The summed E-state index contributed by atoms with van der Waals surface area (Å²) in [6.45, 7) is 1.39. The standard InChI is InChI=1S/C21H22FN7O3/c1-23-17-6-16(27-19-10(7-24-29(17)19)20(30)26-15-5-13(15)22)25-14-3-2-4-28(21(14)31)18-11-8-32-9-12(11)18/h2-4,6-7,11-13,15,18,23H,5,8-9H2,1H3,(H,25,27)(H,26,30)/t11-,12+,13-,15+,18+/m0/s1. The third-order valence-corrected chi connectivity index (χ3v) is 6.47. The molecule has 3 N–H and O–H groups in total. The Morgan fingerprint density at radius 3 is 2.81 bits per heavy atom. The van der Waals surface area contributed by atoms with E-state index in [-0.39, 0.29) is 17.2 Å².